The molecule has 0 aliphatic heterocycles. The minimum absolute atomic E-state index is 0.0699. The van der Waals surface area contributed by atoms with Gasteiger partial charge in [0.25, 0.3) is 0 Å². The van der Waals surface area contributed by atoms with Crippen molar-refractivity contribution in [3.63, 3.8) is 0 Å². The van der Waals surface area contributed by atoms with Gasteiger partial charge >= 0.3 is 0 Å². The van der Waals surface area contributed by atoms with Crippen molar-refractivity contribution in [3.05, 3.63) is 30.6 Å². The monoisotopic (exact) mass is 400 g/mol. The summed E-state index contributed by atoms with van der Waals surface area (Å²) in [6, 6.07) is 7.96. The molecule has 0 saturated heterocycles. The van der Waals surface area contributed by atoms with Crippen molar-refractivity contribution in [3.8, 4) is 11.4 Å². The van der Waals surface area contributed by atoms with Crippen molar-refractivity contribution in [1.82, 2.24) is 20.1 Å². The van der Waals surface area contributed by atoms with Crippen molar-refractivity contribution in [2.75, 3.05) is 7.11 Å². The van der Waals surface area contributed by atoms with E-state index in [0.717, 1.165) is 23.3 Å². The van der Waals surface area contributed by atoms with Crippen LogP contribution < -0.4 is 10.1 Å². The van der Waals surface area contributed by atoms with Gasteiger partial charge in [0, 0.05) is 12.1 Å². The molecule has 2 bridgehead atoms. The van der Waals surface area contributed by atoms with Crippen LogP contribution in [0.3, 0.4) is 0 Å². The van der Waals surface area contributed by atoms with Gasteiger partial charge in [-0.15, -0.1) is 10.2 Å². The molecule has 1 amide bonds. The number of amides is 1. The SMILES string of the molecule is COc1cccc(-n2cnnc2S[C@H](C)C(=O)N[C@@H](C)[C@H]2C[C@H]3CC[C@H]2C3)c1. The molecule has 2 aliphatic carbocycles. The molecule has 28 heavy (non-hydrogen) atoms. The van der Waals surface area contributed by atoms with Gasteiger partial charge in [0.1, 0.15) is 12.1 Å². The third-order valence-corrected chi connectivity index (χ3v) is 7.36. The number of hydrogen-bond acceptors (Lipinski definition) is 5. The second-order valence-corrected chi connectivity index (χ2v) is 9.39. The van der Waals surface area contributed by atoms with Gasteiger partial charge in [-0.25, -0.2) is 0 Å². The molecule has 150 valence electrons. The van der Waals surface area contributed by atoms with Gasteiger partial charge < -0.3 is 10.1 Å². The summed E-state index contributed by atoms with van der Waals surface area (Å²) in [6.07, 6.45) is 7.02. The summed E-state index contributed by atoms with van der Waals surface area (Å²) in [5, 5.41) is 12.0. The zero-order valence-corrected chi connectivity index (χ0v) is 17.5. The molecule has 1 N–H and O–H groups in total. The third-order valence-electron chi connectivity index (χ3n) is 6.30. The minimum Gasteiger partial charge on any atom is -0.497 e. The second-order valence-electron chi connectivity index (χ2n) is 8.08. The number of nitrogens with zero attached hydrogens (tertiary/aromatic N) is 3. The Bertz CT molecular complexity index is 839. The summed E-state index contributed by atoms with van der Waals surface area (Å²) >= 11 is 1.43. The first-order valence-electron chi connectivity index (χ1n) is 10.1. The molecule has 1 aromatic carbocycles. The number of carbonyl (C=O) groups excluding carboxylic acids is 1. The van der Waals surface area contributed by atoms with E-state index in [2.05, 4.69) is 22.4 Å². The Kier molecular flexibility index (Phi) is 5.62. The number of ether oxygens (including phenoxy) is 1. The average Bonchev–Trinajstić information content (AvgIpc) is 3.45. The number of nitrogens with one attached hydrogen (secondary N) is 1. The van der Waals surface area contributed by atoms with Gasteiger partial charge in [0.05, 0.1) is 18.0 Å². The van der Waals surface area contributed by atoms with Crippen LogP contribution in [0, 0.1) is 17.8 Å². The Labute approximate surface area is 170 Å². The number of rotatable bonds is 7. The van der Waals surface area contributed by atoms with Gasteiger partial charge in [0.2, 0.25) is 5.91 Å². The lowest BCUT2D eigenvalue weighted by molar-refractivity contribution is -0.121. The molecule has 6 nitrogen and oxygen atoms in total. The Morgan fingerprint density at radius 1 is 1.32 bits per heavy atom. The van der Waals surface area contributed by atoms with Crippen LogP contribution in [-0.2, 0) is 4.79 Å². The lowest BCUT2D eigenvalue weighted by Gasteiger charge is -2.29. The lowest BCUT2D eigenvalue weighted by Crippen LogP contribution is -2.43. The van der Waals surface area contributed by atoms with Gasteiger partial charge in [0.15, 0.2) is 5.16 Å². The fourth-order valence-electron chi connectivity index (χ4n) is 4.81. The van der Waals surface area contributed by atoms with Gasteiger partial charge in [-0.1, -0.05) is 24.2 Å². The molecule has 1 aromatic heterocycles. The number of thioether (sulfide) groups is 1. The highest BCUT2D eigenvalue weighted by atomic mass is 32.2. The molecule has 5 atom stereocenters. The second kappa shape index (κ2) is 8.15. The maximum absolute atomic E-state index is 12.8. The standard InChI is InChI=1S/C21H28N4O2S/c1-13(19-10-15-7-8-16(19)9-15)23-20(26)14(2)28-21-24-22-12-25(21)17-5-4-6-18(11-17)27-3/h4-6,11-16,19H,7-10H2,1-3H3,(H,23,26)/t13-,14+,15-,16-,19+/m0/s1. The number of fused-ring (bicyclic) bond motifs is 2. The molecule has 2 fully saturated rings. The summed E-state index contributed by atoms with van der Waals surface area (Å²) < 4.78 is 7.19. The molecule has 2 aromatic rings. The highest BCUT2D eigenvalue weighted by Gasteiger charge is 2.42. The number of aromatic nitrogens is 3. The Hall–Kier alpha value is -2.02. The van der Waals surface area contributed by atoms with Crippen molar-refractivity contribution in [1.29, 1.82) is 0 Å². The molecule has 1 heterocycles. The van der Waals surface area contributed by atoms with Crippen LogP contribution in [0.4, 0.5) is 0 Å². The fourth-order valence-corrected chi connectivity index (χ4v) is 5.66. The van der Waals surface area contributed by atoms with E-state index in [4.69, 9.17) is 4.74 Å². The fraction of sp³-hybridized carbons (Fsp3) is 0.571. The van der Waals surface area contributed by atoms with Crippen LogP contribution in [0.25, 0.3) is 5.69 Å². The average molecular weight is 401 g/mol. The van der Waals surface area contributed by atoms with Crippen LogP contribution >= 0.6 is 11.8 Å². The molecule has 0 spiro atoms. The summed E-state index contributed by atoms with van der Waals surface area (Å²) in [4.78, 5) is 12.8. The van der Waals surface area contributed by atoms with Crippen LogP contribution in [0.15, 0.2) is 35.7 Å². The molecule has 7 heteroatoms. The minimum atomic E-state index is -0.241. The highest BCUT2D eigenvalue weighted by molar-refractivity contribution is 8.00. The number of methoxy groups -OCH3 is 1. The number of hydrogen-bond donors (Lipinski definition) is 1. The number of carbonyl (C=O) groups is 1. The zero-order chi connectivity index (χ0) is 19.7. The summed E-state index contributed by atoms with van der Waals surface area (Å²) in [6.45, 7) is 4.09. The van der Waals surface area contributed by atoms with E-state index in [9.17, 15) is 4.79 Å². The highest BCUT2D eigenvalue weighted by Crippen LogP contribution is 2.49. The Morgan fingerprint density at radius 2 is 2.18 bits per heavy atom. The van der Waals surface area contributed by atoms with E-state index in [1.54, 1.807) is 13.4 Å². The maximum atomic E-state index is 12.8. The molecular formula is C21H28N4O2S. The van der Waals surface area contributed by atoms with E-state index in [0.29, 0.717) is 11.1 Å². The Balaban J connectivity index is 1.39. The summed E-state index contributed by atoms with van der Waals surface area (Å²) in [5.41, 5.74) is 0.912. The van der Waals surface area contributed by atoms with E-state index in [1.807, 2.05) is 35.8 Å². The predicted octanol–water partition coefficient (Wildman–Crippen LogP) is 3.70. The van der Waals surface area contributed by atoms with E-state index in [-0.39, 0.29) is 17.2 Å². The summed E-state index contributed by atoms with van der Waals surface area (Å²) in [5.74, 6) is 3.18. The van der Waals surface area contributed by atoms with E-state index < -0.39 is 0 Å². The van der Waals surface area contributed by atoms with Crippen LogP contribution in [-0.4, -0.2) is 39.1 Å². The summed E-state index contributed by atoms with van der Waals surface area (Å²) in [7, 11) is 1.64. The molecule has 4 rings (SSSR count). The molecule has 0 radical (unpaired) electrons. The Morgan fingerprint density at radius 3 is 2.89 bits per heavy atom. The third kappa shape index (κ3) is 3.90. The van der Waals surface area contributed by atoms with Crippen LogP contribution in [0.1, 0.15) is 39.5 Å². The predicted molar refractivity (Wildman–Crippen MR) is 110 cm³/mol. The first kappa shape index (κ1) is 19.3. The molecule has 2 saturated carbocycles. The first-order valence-corrected chi connectivity index (χ1v) is 10.9. The van der Waals surface area contributed by atoms with Gasteiger partial charge in [-0.2, -0.15) is 0 Å². The first-order chi connectivity index (χ1) is 13.5. The molecule has 0 unspecified atom stereocenters. The largest absolute Gasteiger partial charge is 0.497 e. The molecule has 2 aliphatic rings. The topological polar surface area (TPSA) is 69.0 Å². The van der Waals surface area contributed by atoms with Crippen molar-refractivity contribution >= 4 is 17.7 Å². The van der Waals surface area contributed by atoms with Crippen molar-refractivity contribution < 1.29 is 9.53 Å². The quantitative estimate of drug-likeness (QED) is 0.718. The van der Waals surface area contributed by atoms with Gasteiger partial charge in [-0.05, 0) is 63.0 Å². The van der Waals surface area contributed by atoms with E-state index in [1.165, 1.54) is 37.4 Å². The van der Waals surface area contributed by atoms with Crippen molar-refractivity contribution in [2.45, 2.75) is 56.0 Å². The normalized spacial score (nSPS) is 25.5. The van der Waals surface area contributed by atoms with Gasteiger partial charge in [-0.3, -0.25) is 9.36 Å². The zero-order valence-electron chi connectivity index (χ0n) is 16.7. The van der Waals surface area contributed by atoms with Crippen molar-refractivity contribution in [2.24, 2.45) is 17.8 Å². The van der Waals surface area contributed by atoms with Crippen LogP contribution in [0.5, 0.6) is 5.75 Å². The molecular weight excluding hydrogens is 372 g/mol. The smallest absolute Gasteiger partial charge is 0.233 e. The van der Waals surface area contributed by atoms with E-state index >= 15 is 0 Å². The number of benzene rings is 1. The van der Waals surface area contributed by atoms with Crippen LogP contribution in [0.2, 0.25) is 0 Å². The maximum Gasteiger partial charge on any atom is 0.233 e. The lowest BCUT2D eigenvalue weighted by atomic mass is 9.84.